The molecule has 2 aromatic carbocycles. The maximum atomic E-state index is 13.5. The van der Waals surface area contributed by atoms with E-state index in [0.717, 1.165) is 16.7 Å². The second-order valence-corrected chi connectivity index (χ2v) is 4.33. The van der Waals surface area contributed by atoms with Gasteiger partial charge < -0.3 is 0 Å². The minimum Gasteiger partial charge on any atom is -0.207 e. The summed E-state index contributed by atoms with van der Waals surface area (Å²) in [6.07, 6.45) is 0. The Hall–Kier alpha value is -1.70. The van der Waals surface area contributed by atoms with Crippen LogP contribution in [0.15, 0.2) is 30.3 Å². The van der Waals surface area contributed by atoms with E-state index in [2.05, 4.69) is 0 Å². The monoisotopic (exact) mass is 232 g/mol. The molecule has 0 amide bonds. The molecule has 0 saturated carbocycles. The van der Waals surface area contributed by atoms with Gasteiger partial charge >= 0.3 is 0 Å². The summed E-state index contributed by atoms with van der Waals surface area (Å²) in [5.74, 6) is -0.995. The normalized spacial score (nSPS) is 10.6. The van der Waals surface area contributed by atoms with E-state index in [1.165, 1.54) is 19.1 Å². The van der Waals surface area contributed by atoms with Crippen LogP contribution in [0.1, 0.15) is 16.7 Å². The van der Waals surface area contributed by atoms with Crippen LogP contribution in [-0.2, 0) is 0 Å². The van der Waals surface area contributed by atoms with Crippen LogP contribution in [0, 0.1) is 32.4 Å². The van der Waals surface area contributed by atoms with Gasteiger partial charge in [-0.25, -0.2) is 8.78 Å². The fraction of sp³-hybridized carbons (Fsp3) is 0.200. The van der Waals surface area contributed by atoms with Gasteiger partial charge in [0.1, 0.15) is 11.6 Å². The summed E-state index contributed by atoms with van der Waals surface area (Å²) in [6, 6.07) is 8.62. The first-order chi connectivity index (χ1) is 8.00. The molecule has 0 N–H and O–H groups in total. The Labute approximate surface area is 99.9 Å². The van der Waals surface area contributed by atoms with Crippen molar-refractivity contribution < 1.29 is 8.78 Å². The highest BCUT2D eigenvalue weighted by Gasteiger charge is 2.11. The molecule has 0 heterocycles. The van der Waals surface area contributed by atoms with Gasteiger partial charge in [-0.3, -0.25) is 0 Å². The molecule has 0 aliphatic carbocycles. The lowest BCUT2D eigenvalue weighted by Gasteiger charge is -2.11. The van der Waals surface area contributed by atoms with Gasteiger partial charge in [0.05, 0.1) is 0 Å². The average molecular weight is 232 g/mol. The predicted molar refractivity (Wildman–Crippen MR) is 66.0 cm³/mol. The minimum atomic E-state index is -0.498. The van der Waals surface area contributed by atoms with Gasteiger partial charge in [0, 0.05) is 5.56 Å². The molecule has 2 rings (SSSR count). The van der Waals surface area contributed by atoms with Gasteiger partial charge in [0.15, 0.2) is 0 Å². The fourth-order valence-electron chi connectivity index (χ4n) is 2.06. The van der Waals surface area contributed by atoms with Gasteiger partial charge in [-0.05, 0) is 55.2 Å². The zero-order valence-electron chi connectivity index (χ0n) is 10.1. The summed E-state index contributed by atoms with van der Waals surface area (Å²) < 4.78 is 27.1. The van der Waals surface area contributed by atoms with Gasteiger partial charge in [-0.1, -0.05) is 18.2 Å². The molecule has 2 heteroatoms. The quantitative estimate of drug-likeness (QED) is 0.676. The topological polar surface area (TPSA) is 0 Å². The van der Waals surface area contributed by atoms with Crippen LogP contribution < -0.4 is 0 Å². The van der Waals surface area contributed by atoms with Crippen molar-refractivity contribution in [2.24, 2.45) is 0 Å². The predicted octanol–water partition coefficient (Wildman–Crippen LogP) is 4.56. The van der Waals surface area contributed by atoms with E-state index in [9.17, 15) is 8.78 Å². The Balaban J connectivity index is 2.69. The zero-order valence-corrected chi connectivity index (χ0v) is 10.1. The molecule has 17 heavy (non-hydrogen) atoms. The van der Waals surface area contributed by atoms with Crippen LogP contribution in [0.4, 0.5) is 8.78 Å². The molecule has 0 bridgehead atoms. The highest BCUT2D eigenvalue weighted by Crippen LogP contribution is 2.29. The Morgan fingerprint density at radius 1 is 0.824 bits per heavy atom. The first kappa shape index (κ1) is 11.8. The van der Waals surface area contributed by atoms with E-state index < -0.39 is 11.6 Å². The number of benzene rings is 2. The average Bonchev–Trinajstić information content (AvgIpc) is 2.25. The Kier molecular flexibility index (Phi) is 2.97. The third-order valence-electron chi connectivity index (χ3n) is 3.05. The molecule has 0 atom stereocenters. The van der Waals surface area contributed by atoms with Crippen molar-refractivity contribution in [3.63, 3.8) is 0 Å². The van der Waals surface area contributed by atoms with Crippen molar-refractivity contribution >= 4 is 0 Å². The van der Waals surface area contributed by atoms with Crippen LogP contribution >= 0.6 is 0 Å². The molecule has 0 saturated heterocycles. The van der Waals surface area contributed by atoms with Crippen molar-refractivity contribution in [3.8, 4) is 11.1 Å². The van der Waals surface area contributed by atoms with Crippen LogP contribution in [-0.4, -0.2) is 0 Å². The number of hydrogen-bond acceptors (Lipinski definition) is 0. The van der Waals surface area contributed by atoms with Crippen molar-refractivity contribution in [1.29, 1.82) is 0 Å². The number of halogens is 2. The minimum absolute atomic E-state index is 0.0694. The van der Waals surface area contributed by atoms with Gasteiger partial charge in [-0.2, -0.15) is 0 Å². The Morgan fingerprint density at radius 2 is 1.29 bits per heavy atom. The maximum absolute atomic E-state index is 13.5. The van der Waals surface area contributed by atoms with Crippen LogP contribution in [0.25, 0.3) is 11.1 Å². The summed E-state index contributed by atoms with van der Waals surface area (Å²) in [7, 11) is 0. The summed E-state index contributed by atoms with van der Waals surface area (Å²) in [4.78, 5) is 0. The lowest BCUT2D eigenvalue weighted by atomic mass is 9.95. The van der Waals surface area contributed by atoms with Crippen molar-refractivity contribution in [2.75, 3.05) is 0 Å². The molecule has 88 valence electrons. The summed E-state index contributed by atoms with van der Waals surface area (Å²) in [6.45, 7) is 5.33. The molecule has 0 aliphatic heterocycles. The fourth-order valence-corrected chi connectivity index (χ4v) is 2.06. The van der Waals surface area contributed by atoms with E-state index in [-0.39, 0.29) is 5.56 Å². The first-order valence-electron chi connectivity index (χ1n) is 5.53. The number of aryl methyl sites for hydroxylation is 2. The van der Waals surface area contributed by atoms with Crippen molar-refractivity contribution in [1.82, 2.24) is 0 Å². The SMILES string of the molecule is Cc1cccc(C)c1-c1cc(F)c(C)c(F)c1. The number of hydrogen-bond donors (Lipinski definition) is 0. The van der Waals surface area contributed by atoms with E-state index >= 15 is 0 Å². The molecule has 0 spiro atoms. The lowest BCUT2D eigenvalue weighted by molar-refractivity contribution is 0.569. The second-order valence-electron chi connectivity index (χ2n) is 4.33. The lowest BCUT2D eigenvalue weighted by Crippen LogP contribution is -1.93. The molecule has 0 unspecified atom stereocenters. The van der Waals surface area contributed by atoms with Crippen molar-refractivity contribution in [2.45, 2.75) is 20.8 Å². The van der Waals surface area contributed by atoms with E-state index in [0.29, 0.717) is 5.56 Å². The number of rotatable bonds is 1. The van der Waals surface area contributed by atoms with Crippen LogP contribution in [0.2, 0.25) is 0 Å². The van der Waals surface area contributed by atoms with Gasteiger partial charge in [0.25, 0.3) is 0 Å². The largest absolute Gasteiger partial charge is 0.207 e. The second kappa shape index (κ2) is 4.28. The third kappa shape index (κ3) is 2.07. The Morgan fingerprint density at radius 3 is 1.76 bits per heavy atom. The molecule has 0 aliphatic rings. The summed E-state index contributed by atoms with van der Waals surface area (Å²) in [5, 5.41) is 0. The van der Waals surface area contributed by atoms with Crippen LogP contribution in [0.5, 0.6) is 0 Å². The highest BCUT2D eigenvalue weighted by molar-refractivity contribution is 5.71. The summed E-state index contributed by atoms with van der Waals surface area (Å²) >= 11 is 0. The third-order valence-corrected chi connectivity index (χ3v) is 3.05. The van der Waals surface area contributed by atoms with Gasteiger partial charge in [0.2, 0.25) is 0 Å². The summed E-state index contributed by atoms with van der Waals surface area (Å²) in [5.41, 5.74) is 3.62. The van der Waals surface area contributed by atoms with E-state index in [1.807, 2.05) is 32.0 Å². The highest BCUT2D eigenvalue weighted by atomic mass is 19.1. The van der Waals surface area contributed by atoms with E-state index in [1.54, 1.807) is 0 Å². The molecular formula is C15H14F2. The molecule has 2 aromatic rings. The van der Waals surface area contributed by atoms with E-state index in [4.69, 9.17) is 0 Å². The molecule has 0 radical (unpaired) electrons. The Bertz CT molecular complexity index is 528. The van der Waals surface area contributed by atoms with Crippen molar-refractivity contribution in [3.05, 3.63) is 58.7 Å². The molecule has 0 nitrogen and oxygen atoms in total. The van der Waals surface area contributed by atoms with Gasteiger partial charge in [-0.15, -0.1) is 0 Å². The smallest absolute Gasteiger partial charge is 0.129 e. The molecular weight excluding hydrogens is 218 g/mol. The zero-order chi connectivity index (χ0) is 12.6. The maximum Gasteiger partial charge on any atom is 0.129 e. The molecule has 0 aromatic heterocycles. The first-order valence-corrected chi connectivity index (χ1v) is 5.53. The standard InChI is InChI=1S/C15H14F2/c1-9-5-4-6-10(2)15(9)12-7-13(16)11(3)14(17)8-12/h4-8H,1-3H3. The van der Waals surface area contributed by atoms with Crippen LogP contribution in [0.3, 0.4) is 0 Å². The molecule has 0 fully saturated rings.